The van der Waals surface area contributed by atoms with Gasteiger partial charge in [0.15, 0.2) is 6.61 Å². The average molecular weight is 369 g/mol. The van der Waals surface area contributed by atoms with Gasteiger partial charge in [-0.05, 0) is 48.2 Å². The van der Waals surface area contributed by atoms with Gasteiger partial charge in [-0.3, -0.25) is 9.59 Å². The summed E-state index contributed by atoms with van der Waals surface area (Å²) in [6.07, 6.45) is 1.57. The standard InChI is InChI=1S/C21H27N3O3/c1-2-16-5-3-6-19(13-16)27-15-20(25)23-11-4-12-24-21(26)18-9-7-17(14-22)8-10-18/h3,5-10,13H,2,4,11-12,14-15,22H2,1H3,(H,23,25)(H,24,26). The van der Waals surface area contributed by atoms with Crippen LogP contribution in [0.15, 0.2) is 48.5 Å². The van der Waals surface area contributed by atoms with Crippen LogP contribution in [0, 0.1) is 0 Å². The molecule has 0 spiro atoms. The zero-order chi connectivity index (χ0) is 19.5. The molecule has 4 N–H and O–H groups in total. The zero-order valence-electron chi connectivity index (χ0n) is 15.7. The van der Waals surface area contributed by atoms with Crippen LogP contribution in [0.2, 0.25) is 0 Å². The molecule has 0 aliphatic rings. The van der Waals surface area contributed by atoms with Crippen molar-refractivity contribution in [3.05, 3.63) is 65.2 Å². The molecule has 0 saturated heterocycles. The Labute approximate surface area is 160 Å². The SMILES string of the molecule is CCc1cccc(OCC(=O)NCCCNC(=O)c2ccc(CN)cc2)c1. The van der Waals surface area contributed by atoms with Crippen LogP contribution in [0.3, 0.4) is 0 Å². The molecule has 0 aromatic heterocycles. The van der Waals surface area contributed by atoms with Crippen LogP contribution in [-0.2, 0) is 17.8 Å². The first-order valence-electron chi connectivity index (χ1n) is 9.18. The summed E-state index contributed by atoms with van der Waals surface area (Å²) in [5, 5.41) is 5.61. The molecule has 2 aromatic carbocycles. The average Bonchev–Trinajstić information content (AvgIpc) is 2.72. The molecule has 6 nitrogen and oxygen atoms in total. The van der Waals surface area contributed by atoms with Gasteiger partial charge in [0.2, 0.25) is 0 Å². The second-order valence-electron chi connectivity index (χ2n) is 6.15. The fourth-order valence-corrected chi connectivity index (χ4v) is 2.47. The number of carbonyl (C=O) groups is 2. The van der Waals surface area contributed by atoms with E-state index in [4.69, 9.17) is 10.5 Å². The molecule has 6 heteroatoms. The molecule has 0 heterocycles. The molecule has 2 rings (SSSR count). The van der Waals surface area contributed by atoms with E-state index in [0.717, 1.165) is 12.0 Å². The monoisotopic (exact) mass is 369 g/mol. The smallest absolute Gasteiger partial charge is 0.257 e. The molecule has 2 aromatic rings. The van der Waals surface area contributed by atoms with E-state index in [2.05, 4.69) is 17.6 Å². The summed E-state index contributed by atoms with van der Waals surface area (Å²) in [5.41, 5.74) is 8.29. The van der Waals surface area contributed by atoms with Crippen LogP contribution >= 0.6 is 0 Å². The Kier molecular flexibility index (Phi) is 8.32. The van der Waals surface area contributed by atoms with Gasteiger partial charge in [-0.1, -0.05) is 31.2 Å². The van der Waals surface area contributed by atoms with Crippen molar-refractivity contribution in [2.75, 3.05) is 19.7 Å². The zero-order valence-corrected chi connectivity index (χ0v) is 15.7. The van der Waals surface area contributed by atoms with Crippen LogP contribution in [-0.4, -0.2) is 31.5 Å². The second-order valence-corrected chi connectivity index (χ2v) is 6.15. The van der Waals surface area contributed by atoms with E-state index in [9.17, 15) is 9.59 Å². The van der Waals surface area contributed by atoms with Crippen molar-refractivity contribution < 1.29 is 14.3 Å². The molecule has 144 valence electrons. The summed E-state index contributed by atoms with van der Waals surface area (Å²) < 4.78 is 5.49. The largest absolute Gasteiger partial charge is 0.484 e. The Bertz CT molecular complexity index is 745. The number of nitrogens with one attached hydrogen (secondary N) is 2. The predicted molar refractivity (Wildman–Crippen MR) is 106 cm³/mol. The van der Waals surface area contributed by atoms with Gasteiger partial charge in [0, 0.05) is 25.2 Å². The number of hydrogen-bond acceptors (Lipinski definition) is 4. The first-order valence-corrected chi connectivity index (χ1v) is 9.18. The summed E-state index contributed by atoms with van der Waals surface area (Å²) in [6, 6.07) is 14.9. The van der Waals surface area contributed by atoms with Crippen LogP contribution in [0.5, 0.6) is 5.75 Å². The molecule has 27 heavy (non-hydrogen) atoms. The van der Waals surface area contributed by atoms with Gasteiger partial charge < -0.3 is 21.1 Å². The molecule has 0 aliphatic heterocycles. The first-order chi connectivity index (χ1) is 13.1. The molecule has 0 bridgehead atoms. The Hall–Kier alpha value is -2.86. The summed E-state index contributed by atoms with van der Waals surface area (Å²) in [6.45, 7) is 3.46. The summed E-state index contributed by atoms with van der Waals surface area (Å²) in [4.78, 5) is 23.8. The molecule has 2 amide bonds. The number of aryl methyl sites for hydroxylation is 1. The van der Waals surface area contributed by atoms with Crippen molar-refractivity contribution in [2.24, 2.45) is 5.73 Å². The van der Waals surface area contributed by atoms with E-state index in [1.54, 1.807) is 12.1 Å². The minimum Gasteiger partial charge on any atom is -0.484 e. The van der Waals surface area contributed by atoms with Gasteiger partial charge in [-0.15, -0.1) is 0 Å². The van der Waals surface area contributed by atoms with Crippen molar-refractivity contribution in [2.45, 2.75) is 26.3 Å². The summed E-state index contributed by atoms with van der Waals surface area (Å²) >= 11 is 0. The van der Waals surface area contributed by atoms with Gasteiger partial charge in [-0.2, -0.15) is 0 Å². The molecule has 0 fully saturated rings. The number of hydrogen-bond donors (Lipinski definition) is 3. The Morgan fingerprint density at radius 1 is 1.00 bits per heavy atom. The molecular formula is C21H27N3O3. The second kappa shape index (κ2) is 11.0. The van der Waals surface area contributed by atoms with Crippen molar-refractivity contribution in [3.8, 4) is 5.75 Å². The fourth-order valence-electron chi connectivity index (χ4n) is 2.47. The molecule has 0 atom stereocenters. The number of nitrogens with two attached hydrogens (primary N) is 1. The highest BCUT2D eigenvalue weighted by atomic mass is 16.5. The van der Waals surface area contributed by atoms with Crippen molar-refractivity contribution in [1.82, 2.24) is 10.6 Å². The Balaban J connectivity index is 1.60. The van der Waals surface area contributed by atoms with Crippen molar-refractivity contribution in [1.29, 1.82) is 0 Å². The number of carbonyl (C=O) groups excluding carboxylic acids is 2. The minimum atomic E-state index is -0.180. The third-order valence-corrected chi connectivity index (χ3v) is 4.09. The molecule has 0 aliphatic carbocycles. The topological polar surface area (TPSA) is 93.5 Å². The number of amides is 2. The maximum absolute atomic E-state index is 12.0. The quantitative estimate of drug-likeness (QED) is 0.559. The lowest BCUT2D eigenvalue weighted by atomic mass is 10.1. The first kappa shape index (κ1) is 20.5. The lowest BCUT2D eigenvalue weighted by molar-refractivity contribution is -0.123. The van der Waals surface area contributed by atoms with E-state index in [0.29, 0.717) is 37.4 Å². The molecule has 0 radical (unpaired) electrons. The van der Waals surface area contributed by atoms with E-state index in [1.807, 2.05) is 36.4 Å². The van der Waals surface area contributed by atoms with Crippen molar-refractivity contribution in [3.63, 3.8) is 0 Å². The maximum atomic E-state index is 12.0. The maximum Gasteiger partial charge on any atom is 0.257 e. The highest BCUT2D eigenvalue weighted by Gasteiger charge is 2.05. The Morgan fingerprint density at radius 3 is 2.44 bits per heavy atom. The highest BCUT2D eigenvalue weighted by molar-refractivity contribution is 5.94. The fraction of sp³-hybridized carbons (Fsp3) is 0.333. The van der Waals surface area contributed by atoms with Gasteiger partial charge in [-0.25, -0.2) is 0 Å². The third-order valence-electron chi connectivity index (χ3n) is 4.09. The summed E-state index contributed by atoms with van der Waals surface area (Å²) in [5.74, 6) is 0.377. The molecular weight excluding hydrogens is 342 g/mol. The van der Waals surface area contributed by atoms with Crippen LogP contribution in [0.1, 0.15) is 34.8 Å². The van der Waals surface area contributed by atoms with E-state index in [1.165, 1.54) is 5.56 Å². The van der Waals surface area contributed by atoms with Gasteiger partial charge in [0.1, 0.15) is 5.75 Å². The van der Waals surface area contributed by atoms with Crippen LogP contribution < -0.4 is 21.1 Å². The van der Waals surface area contributed by atoms with Crippen LogP contribution in [0.4, 0.5) is 0 Å². The number of ether oxygens (including phenoxy) is 1. The normalized spacial score (nSPS) is 10.3. The van der Waals surface area contributed by atoms with Crippen molar-refractivity contribution >= 4 is 11.8 Å². The van der Waals surface area contributed by atoms with E-state index >= 15 is 0 Å². The van der Waals surface area contributed by atoms with E-state index < -0.39 is 0 Å². The highest BCUT2D eigenvalue weighted by Crippen LogP contribution is 2.13. The number of rotatable bonds is 10. The Morgan fingerprint density at radius 2 is 1.74 bits per heavy atom. The van der Waals surface area contributed by atoms with Gasteiger partial charge in [0.25, 0.3) is 11.8 Å². The number of benzene rings is 2. The molecule has 0 unspecified atom stereocenters. The summed E-state index contributed by atoms with van der Waals surface area (Å²) in [7, 11) is 0. The molecule has 0 saturated carbocycles. The lowest BCUT2D eigenvalue weighted by Crippen LogP contribution is -2.32. The minimum absolute atomic E-state index is 0.0208. The van der Waals surface area contributed by atoms with Crippen LogP contribution in [0.25, 0.3) is 0 Å². The van der Waals surface area contributed by atoms with Gasteiger partial charge in [0.05, 0.1) is 0 Å². The van der Waals surface area contributed by atoms with E-state index in [-0.39, 0.29) is 18.4 Å². The van der Waals surface area contributed by atoms with Gasteiger partial charge >= 0.3 is 0 Å². The third kappa shape index (κ3) is 7.11. The predicted octanol–water partition coefficient (Wildman–Crippen LogP) is 2.02. The lowest BCUT2D eigenvalue weighted by Gasteiger charge is -2.09.